The maximum absolute atomic E-state index is 8.58. The summed E-state index contributed by atoms with van der Waals surface area (Å²) in [6.07, 6.45) is 0. The molecule has 0 aromatic rings. The van der Waals surface area contributed by atoms with Crippen LogP contribution in [0.1, 0.15) is 0 Å². The average molecular weight is 256 g/mol. The van der Waals surface area contributed by atoms with Crippen molar-refractivity contribution >= 4 is 60.8 Å². The Labute approximate surface area is 117 Å². The fourth-order valence-electron chi connectivity index (χ4n) is 0. The van der Waals surface area contributed by atoms with E-state index in [2.05, 4.69) is 0 Å². The van der Waals surface area contributed by atoms with Gasteiger partial charge in [-0.25, -0.2) is 0 Å². The molecule has 0 atom stereocenters. The number of rotatable bonds is 0. The second-order valence-corrected chi connectivity index (χ2v) is 2.06. The van der Waals surface area contributed by atoms with Gasteiger partial charge in [0.15, 0.2) is 0 Å². The first-order valence-electron chi connectivity index (χ1n) is 1.22. The molecule has 0 heterocycles. The normalized spacial score (nSPS) is 5.20. The van der Waals surface area contributed by atoms with Crippen molar-refractivity contribution in [3.05, 3.63) is 0 Å². The zero-order valence-electron chi connectivity index (χ0n) is 4.86. The molecule has 0 aromatic carbocycles. The summed E-state index contributed by atoms with van der Waals surface area (Å²) in [5.41, 5.74) is 0. The van der Waals surface area contributed by atoms with Crippen LogP contribution < -0.4 is 14.8 Å². The first-order chi connectivity index (χ1) is 3.46. The van der Waals surface area contributed by atoms with Gasteiger partial charge in [-0.05, 0) is 0 Å². The van der Waals surface area contributed by atoms with E-state index in [9.17, 15) is 0 Å². The molecule has 10 heavy (non-hydrogen) atoms. The van der Waals surface area contributed by atoms with Crippen LogP contribution in [0.15, 0.2) is 0 Å². The summed E-state index contributed by atoms with van der Waals surface area (Å²) >= 11 is -8.17. The Morgan fingerprint density at radius 1 is 0.800 bits per heavy atom. The van der Waals surface area contributed by atoms with Crippen molar-refractivity contribution < 1.29 is 58.6 Å². The van der Waals surface area contributed by atoms with Crippen LogP contribution in [-0.2, 0) is 43.9 Å². The van der Waals surface area contributed by atoms with Gasteiger partial charge in [-0.15, -0.1) is 0 Å². The van der Waals surface area contributed by atoms with E-state index in [-0.39, 0.29) is 60.8 Å². The molecule has 0 amide bonds. The van der Waals surface area contributed by atoms with E-state index >= 15 is 0 Å². The van der Waals surface area contributed by atoms with Crippen LogP contribution in [0.3, 0.4) is 0 Å². The summed E-state index contributed by atoms with van der Waals surface area (Å²) in [5, 5.41) is 0. The van der Waals surface area contributed by atoms with E-state index < -0.39 is 37.2 Å². The monoisotopic (exact) mass is 256 g/mol. The van der Waals surface area contributed by atoms with E-state index in [1.807, 2.05) is 0 Å². The van der Waals surface area contributed by atoms with Gasteiger partial charge in [0.25, 0.3) is 0 Å². The molecule has 0 unspecified atom stereocenters. The van der Waals surface area contributed by atoms with Crippen molar-refractivity contribution in [2.45, 2.75) is 0 Å². The van der Waals surface area contributed by atoms with Crippen molar-refractivity contribution in [3.63, 3.8) is 0 Å². The van der Waals surface area contributed by atoms with E-state index in [1.165, 1.54) is 0 Å². The zero-order chi connectivity index (χ0) is 7.15. The molecule has 0 bridgehead atoms. The molecule has 0 saturated heterocycles. The first-order valence-corrected chi connectivity index (χ1v) is 5.05. The van der Waals surface area contributed by atoms with Crippen LogP contribution >= 0.6 is 0 Å². The molecule has 0 saturated carbocycles. The van der Waals surface area contributed by atoms with Gasteiger partial charge >= 0.3 is 119 Å². The van der Waals surface area contributed by atoms with Crippen LogP contribution in [0.5, 0.6) is 0 Å². The standard InChI is InChI=1S/Ca.Mg.6O.2Ti/q2*+2;;;4*-1;;. The van der Waals surface area contributed by atoms with Crippen molar-refractivity contribution in [1.82, 2.24) is 0 Å². The second kappa shape index (κ2) is 17.8. The zero-order valence-corrected chi connectivity index (χ0v) is 11.6. The minimum absolute atomic E-state index is 0. The molecule has 0 radical (unpaired) electrons. The summed E-state index contributed by atoms with van der Waals surface area (Å²) in [7, 11) is 0. The SMILES string of the molecule is [Ca+2].[Mg+2].[O]=[Ti]([O-])[O-].[O]=[Ti]([O-])[O-]. The van der Waals surface area contributed by atoms with Crippen molar-refractivity contribution in [1.29, 1.82) is 0 Å². The number of hydrogen-bond acceptors (Lipinski definition) is 6. The molecule has 0 aliphatic rings. The molecular formula is CaMgO6Ti2. The Morgan fingerprint density at radius 3 is 0.800 bits per heavy atom. The fourth-order valence-corrected chi connectivity index (χ4v) is 0. The van der Waals surface area contributed by atoms with Gasteiger partial charge in [0.05, 0.1) is 0 Å². The fraction of sp³-hybridized carbons (Fsp3) is 0. The van der Waals surface area contributed by atoms with Gasteiger partial charge < -0.3 is 0 Å². The van der Waals surface area contributed by atoms with E-state index in [4.69, 9.17) is 21.4 Å². The molecule has 0 rings (SSSR count). The van der Waals surface area contributed by atoms with Gasteiger partial charge in [-0.3, -0.25) is 0 Å². The van der Waals surface area contributed by atoms with E-state index in [1.54, 1.807) is 0 Å². The number of hydrogen-bond donors (Lipinski definition) is 0. The Morgan fingerprint density at radius 2 is 0.800 bits per heavy atom. The van der Waals surface area contributed by atoms with Gasteiger partial charge in [0.1, 0.15) is 0 Å². The Bertz CT molecular complexity index is 73.7. The van der Waals surface area contributed by atoms with Crippen LogP contribution in [0.25, 0.3) is 0 Å². The molecular weight excluding hydrogens is 256 g/mol. The summed E-state index contributed by atoms with van der Waals surface area (Å²) < 4.78 is 51.5. The molecule has 0 spiro atoms. The summed E-state index contributed by atoms with van der Waals surface area (Å²) in [6, 6.07) is 0. The Hall–Kier alpha value is 2.89. The predicted molar refractivity (Wildman–Crippen MR) is 12.9 cm³/mol. The second-order valence-electron chi connectivity index (χ2n) is 0.500. The van der Waals surface area contributed by atoms with Crippen LogP contribution in [0.2, 0.25) is 0 Å². The van der Waals surface area contributed by atoms with Crippen LogP contribution in [-0.4, -0.2) is 60.8 Å². The van der Waals surface area contributed by atoms with Gasteiger partial charge in [0.2, 0.25) is 0 Å². The van der Waals surface area contributed by atoms with Crippen molar-refractivity contribution in [2.24, 2.45) is 0 Å². The van der Waals surface area contributed by atoms with Crippen molar-refractivity contribution in [3.8, 4) is 0 Å². The van der Waals surface area contributed by atoms with E-state index in [0.717, 1.165) is 0 Å². The molecule has 0 aliphatic heterocycles. The molecule has 0 aromatic heterocycles. The summed E-state index contributed by atoms with van der Waals surface area (Å²) in [6.45, 7) is 0. The molecule has 48 valence electrons. The average Bonchev–Trinajstić information content (AvgIpc) is 1.25. The van der Waals surface area contributed by atoms with Gasteiger partial charge in [-0.1, -0.05) is 0 Å². The topological polar surface area (TPSA) is 126 Å². The Kier molecular flexibility index (Phi) is 41.2. The van der Waals surface area contributed by atoms with Crippen LogP contribution in [0.4, 0.5) is 0 Å². The third-order valence-corrected chi connectivity index (χ3v) is 0. The molecule has 0 fully saturated rings. The van der Waals surface area contributed by atoms with Crippen molar-refractivity contribution in [2.75, 3.05) is 0 Å². The van der Waals surface area contributed by atoms with Crippen LogP contribution in [0, 0.1) is 0 Å². The van der Waals surface area contributed by atoms with E-state index in [0.29, 0.717) is 0 Å². The molecule has 0 N–H and O–H groups in total. The summed E-state index contributed by atoms with van der Waals surface area (Å²) in [4.78, 5) is 0. The minimum atomic E-state index is -4.08. The summed E-state index contributed by atoms with van der Waals surface area (Å²) in [5.74, 6) is 0. The van der Waals surface area contributed by atoms with Gasteiger partial charge in [0, 0.05) is 0 Å². The quantitative estimate of drug-likeness (QED) is 0.397. The maximum atomic E-state index is 8.58. The predicted octanol–water partition coefficient (Wildman–Crippen LogP) is -5.76. The first kappa shape index (κ1) is 23.1. The van der Waals surface area contributed by atoms with Gasteiger partial charge in [-0.2, -0.15) is 0 Å². The molecule has 10 heteroatoms. The Balaban J connectivity index is -0.0000000300. The third-order valence-electron chi connectivity index (χ3n) is 0. The molecule has 0 aliphatic carbocycles. The molecule has 6 nitrogen and oxygen atoms in total. The third kappa shape index (κ3) is 127.